The van der Waals surface area contributed by atoms with E-state index in [0.717, 1.165) is 6.42 Å². The monoisotopic (exact) mass is 198 g/mol. The van der Waals surface area contributed by atoms with E-state index in [2.05, 4.69) is 63.3 Å². The highest BCUT2D eigenvalue weighted by Crippen LogP contribution is 2.26. The van der Waals surface area contributed by atoms with Crippen molar-refractivity contribution >= 4 is 11.6 Å². The summed E-state index contributed by atoms with van der Waals surface area (Å²) in [4.78, 5) is 0. The maximum atomic E-state index is 2.38. The van der Waals surface area contributed by atoms with Crippen LogP contribution in [0.2, 0.25) is 0 Å². The maximum Gasteiger partial charge on any atom is 0.00424 e. The van der Waals surface area contributed by atoms with Crippen LogP contribution < -0.4 is 10.4 Å². The molecule has 0 spiro atoms. The van der Waals surface area contributed by atoms with Gasteiger partial charge in [-0.2, -0.15) is 0 Å². The summed E-state index contributed by atoms with van der Waals surface area (Å²) < 4.78 is 0. The number of allylic oxidation sites excluding steroid dienone is 2. The molecular weight excluding hydrogens is 180 g/mol. The normalized spacial score (nSPS) is 24.3. The molecule has 0 fully saturated rings. The molecule has 1 aliphatic rings. The molecule has 1 unspecified atom stereocenters. The molecule has 1 aromatic rings. The lowest BCUT2D eigenvalue weighted by molar-refractivity contribution is 0.567. The van der Waals surface area contributed by atoms with Gasteiger partial charge in [-0.25, -0.2) is 0 Å². The van der Waals surface area contributed by atoms with Gasteiger partial charge in [0, 0.05) is 5.41 Å². The highest BCUT2D eigenvalue weighted by Gasteiger charge is 2.15. The van der Waals surface area contributed by atoms with Gasteiger partial charge in [0.25, 0.3) is 0 Å². The van der Waals surface area contributed by atoms with Crippen molar-refractivity contribution < 1.29 is 0 Å². The molecule has 0 saturated carbocycles. The van der Waals surface area contributed by atoms with Crippen LogP contribution in [0.25, 0.3) is 11.6 Å². The quantitative estimate of drug-likeness (QED) is 0.650. The van der Waals surface area contributed by atoms with Gasteiger partial charge in [-0.1, -0.05) is 56.3 Å². The molecule has 15 heavy (non-hydrogen) atoms. The Morgan fingerprint density at radius 1 is 1.20 bits per heavy atom. The fraction of sp³-hybridized carbons (Fsp3) is 0.333. The van der Waals surface area contributed by atoms with Crippen molar-refractivity contribution in [2.45, 2.75) is 27.2 Å². The summed E-state index contributed by atoms with van der Waals surface area (Å²) in [5.41, 5.74) is 1.56. The molecular formula is C15H18. The number of hydrogen-bond donors (Lipinski definition) is 0. The molecule has 1 aliphatic carbocycles. The van der Waals surface area contributed by atoms with E-state index in [1.165, 1.54) is 16.0 Å². The largest absolute Gasteiger partial charge is 0.0745 e. The van der Waals surface area contributed by atoms with E-state index in [9.17, 15) is 0 Å². The highest BCUT2D eigenvalue weighted by molar-refractivity contribution is 5.59. The average Bonchev–Trinajstić information content (AvgIpc) is 2.38. The topological polar surface area (TPSA) is 0 Å². The van der Waals surface area contributed by atoms with Crippen LogP contribution in [0.1, 0.15) is 27.2 Å². The molecule has 0 aromatic heterocycles. The van der Waals surface area contributed by atoms with Crippen molar-refractivity contribution in [3.05, 3.63) is 46.9 Å². The zero-order valence-corrected chi connectivity index (χ0v) is 9.75. The number of benzene rings is 1. The molecule has 0 bridgehead atoms. The van der Waals surface area contributed by atoms with E-state index in [-0.39, 0.29) is 5.41 Å². The molecule has 0 heterocycles. The van der Waals surface area contributed by atoms with E-state index in [1.807, 2.05) is 0 Å². The third kappa shape index (κ3) is 1.90. The Hall–Kier alpha value is -1.30. The molecule has 0 N–H and O–H groups in total. The summed E-state index contributed by atoms with van der Waals surface area (Å²) in [5, 5.41) is 2.73. The Balaban J connectivity index is 2.78. The van der Waals surface area contributed by atoms with Gasteiger partial charge in [-0.3, -0.25) is 0 Å². The van der Waals surface area contributed by atoms with Crippen molar-refractivity contribution in [1.29, 1.82) is 0 Å². The molecule has 78 valence electrons. The fourth-order valence-corrected chi connectivity index (χ4v) is 2.01. The lowest BCUT2D eigenvalue weighted by atomic mass is 9.86. The van der Waals surface area contributed by atoms with E-state index < -0.39 is 0 Å². The Labute approximate surface area is 91.6 Å². The van der Waals surface area contributed by atoms with Crippen LogP contribution in [0.3, 0.4) is 0 Å². The van der Waals surface area contributed by atoms with Gasteiger partial charge in [0.15, 0.2) is 0 Å². The third-order valence-electron chi connectivity index (χ3n) is 3.35. The first-order chi connectivity index (χ1) is 7.14. The Morgan fingerprint density at radius 2 is 1.93 bits per heavy atom. The predicted octanol–water partition coefficient (Wildman–Crippen LogP) is 2.62. The van der Waals surface area contributed by atoms with E-state index in [0.29, 0.717) is 0 Å². The van der Waals surface area contributed by atoms with Crippen LogP contribution in [0.5, 0.6) is 0 Å². The Morgan fingerprint density at radius 3 is 2.67 bits per heavy atom. The first-order valence-electron chi connectivity index (χ1n) is 5.63. The Kier molecular flexibility index (Phi) is 2.52. The second kappa shape index (κ2) is 3.69. The first kappa shape index (κ1) is 10.2. The zero-order chi connectivity index (χ0) is 10.9. The molecule has 0 radical (unpaired) electrons. The summed E-state index contributed by atoms with van der Waals surface area (Å²) in [7, 11) is 0. The summed E-state index contributed by atoms with van der Waals surface area (Å²) in [6, 6.07) is 8.63. The zero-order valence-electron chi connectivity index (χ0n) is 9.75. The lowest BCUT2D eigenvalue weighted by Gasteiger charge is -2.18. The predicted molar refractivity (Wildman–Crippen MR) is 66.8 cm³/mol. The molecule has 2 rings (SSSR count). The first-order valence-corrected chi connectivity index (χ1v) is 5.63. The van der Waals surface area contributed by atoms with Crippen molar-refractivity contribution in [2.24, 2.45) is 5.41 Å². The summed E-state index contributed by atoms with van der Waals surface area (Å²) >= 11 is 0. The van der Waals surface area contributed by atoms with Gasteiger partial charge < -0.3 is 0 Å². The van der Waals surface area contributed by atoms with Gasteiger partial charge in [-0.15, -0.1) is 0 Å². The van der Waals surface area contributed by atoms with Gasteiger partial charge in [-0.05, 0) is 29.4 Å². The SMILES string of the molecule is CCC1(C)C=CC(C)=c2ccccc2=C1. The van der Waals surface area contributed by atoms with E-state index >= 15 is 0 Å². The number of rotatable bonds is 1. The lowest BCUT2D eigenvalue weighted by Crippen LogP contribution is -2.27. The van der Waals surface area contributed by atoms with Crippen LogP contribution in [0, 0.1) is 5.41 Å². The van der Waals surface area contributed by atoms with Crippen molar-refractivity contribution in [1.82, 2.24) is 0 Å². The second-order valence-corrected chi connectivity index (χ2v) is 4.61. The van der Waals surface area contributed by atoms with Gasteiger partial charge >= 0.3 is 0 Å². The van der Waals surface area contributed by atoms with Crippen LogP contribution in [-0.4, -0.2) is 0 Å². The van der Waals surface area contributed by atoms with Crippen LogP contribution >= 0.6 is 0 Å². The van der Waals surface area contributed by atoms with Crippen LogP contribution in [0.15, 0.2) is 36.4 Å². The van der Waals surface area contributed by atoms with E-state index in [4.69, 9.17) is 0 Å². The molecule has 0 nitrogen and oxygen atoms in total. The average molecular weight is 198 g/mol. The minimum absolute atomic E-state index is 0.202. The van der Waals surface area contributed by atoms with Gasteiger partial charge in [0.2, 0.25) is 0 Å². The second-order valence-electron chi connectivity index (χ2n) is 4.61. The van der Waals surface area contributed by atoms with Gasteiger partial charge in [0.1, 0.15) is 0 Å². The molecule has 0 saturated heterocycles. The molecule has 0 amide bonds. The van der Waals surface area contributed by atoms with E-state index in [1.54, 1.807) is 0 Å². The van der Waals surface area contributed by atoms with Crippen molar-refractivity contribution in [3.8, 4) is 0 Å². The molecule has 1 atom stereocenters. The highest BCUT2D eigenvalue weighted by atomic mass is 14.2. The van der Waals surface area contributed by atoms with Crippen LogP contribution in [0.4, 0.5) is 0 Å². The smallest absolute Gasteiger partial charge is 0.00424 e. The number of hydrogen-bond acceptors (Lipinski definition) is 0. The maximum absolute atomic E-state index is 2.38. The van der Waals surface area contributed by atoms with Crippen molar-refractivity contribution in [3.63, 3.8) is 0 Å². The molecule has 0 aliphatic heterocycles. The fourth-order valence-electron chi connectivity index (χ4n) is 2.01. The summed E-state index contributed by atoms with van der Waals surface area (Å²) in [6.45, 7) is 6.72. The molecule has 1 aromatic carbocycles. The summed E-state index contributed by atoms with van der Waals surface area (Å²) in [5.74, 6) is 0. The minimum Gasteiger partial charge on any atom is -0.0745 e. The standard InChI is InChI=1S/C15H18/c1-4-15(3)10-9-12(2)14-8-6-5-7-13(14)11-15/h5-11H,4H2,1-3H3. The number of fused-ring (bicyclic) bond motifs is 1. The summed E-state index contributed by atoms with van der Waals surface area (Å²) in [6.07, 6.45) is 8.11. The van der Waals surface area contributed by atoms with Crippen molar-refractivity contribution in [2.75, 3.05) is 0 Å². The Bertz CT molecular complexity index is 505. The van der Waals surface area contributed by atoms with Crippen LogP contribution in [-0.2, 0) is 0 Å². The molecule has 0 heteroatoms. The third-order valence-corrected chi connectivity index (χ3v) is 3.35. The van der Waals surface area contributed by atoms with Gasteiger partial charge in [0.05, 0.1) is 0 Å². The minimum atomic E-state index is 0.202.